The molecule has 0 radical (unpaired) electrons. The first-order valence-electron chi connectivity index (χ1n) is 8.22. The molecule has 0 unspecified atom stereocenters. The first kappa shape index (κ1) is 17.1. The number of carbonyl (C=O) groups excluding carboxylic acids is 1. The van der Waals surface area contributed by atoms with E-state index in [9.17, 15) is 4.79 Å². The van der Waals surface area contributed by atoms with Crippen molar-refractivity contribution >= 4 is 22.4 Å². The van der Waals surface area contributed by atoms with Gasteiger partial charge in [-0.15, -0.1) is 11.3 Å². The molecule has 27 heavy (non-hydrogen) atoms. The second-order valence-corrected chi connectivity index (χ2v) is 6.53. The first-order chi connectivity index (χ1) is 13.2. The molecule has 1 amide bonds. The Morgan fingerprint density at radius 2 is 1.89 bits per heavy atom. The number of furan rings is 2. The normalized spacial score (nSPS) is 10.7. The van der Waals surface area contributed by atoms with Crippen molar-refractivity contribution in [3.05, 3.63) is 78.0 Å². The lowest BCUT2D eigenvalue weighted by Crippen LogP contribution is -2.29. The third-order valence-corrected chi connectivity index (χ3v) is 4.84. The number of amides is 1. The first-order valence-corrected chi connectivity index (χ1v) is 9.10. The number of rotatable bonds is 6. The topological polar surface area (TPSA) is 68.7 Å². The third-order valence-electron chi connectivity index (χ3n) is 3.98. The molecule has 0 aliphatic carbocycles. The van der Waals surface area contributed by atoms with Gasteiger partial charge in [-0.2, -0.15) is 0 Å². The van der Waals surface area contributed by atoms with Gasteiger partial charge in [-0.3, -0.25) is 9.69 Å². The van der Waals surface area contributed by atoms with Gasteiger partial charge in [0.15, 0.2) is 10.9 Å². The van der Waals surface area contributed by atoms with Crippen LogP contribution in [0.3, 0.4) is 0 Å². The molecular weight excluding hydrogens is 364 g/mol. The summed E-state index contributed by atoms with van der Waals surface area (Å²) in [6.45, 7) is 0.266. The van der Waals surface area contributed by atoms with E-state index >= 15 is 0 Å². The summed E-state index contributed by atoms with van der Waals surface area (Å²) in [5.74, 6) is 1.42. The molecule has 6 nitrogen and oxygen atoms in total. The van der Waals surface area contributed by atoms with Crippen LogP contribution in [0.1, 0.15) is 16.3 Å². The highest BCUT2D eigenvalue weighted by Crippen LogP contribution is 2.30. The zero-order chi connectivity index (χ0) is 18.6. The molecule has 1 aromatic carbocycles. The summed E-state index contributed by atoms with van der Waals surface area (Å²) in [5, 5.41) is 2.49. The van der Waals surface area contributed by atoms with Gasteiger partial charge < -0.3 is 13.6 Å². The number of carbonyl (C=O) groups is 1. The number of benzene rings is 1. The van der Waals surface area contributed by atoms with Crippen molar-refractivity contribution in [1.29, 1.82) is 0 Å². The molecule has 0 atom stereocenters. The Bertz CT molecular complexity index is 1000. The number of nitrogens with zero attached hydrogens (tertiary/aromatic N) is 2. The summed E-state index contributed by atoms with van der Waals surface area (Å²) in [5.41, 5.74) is 1.73. The maximum absolute atomic E-state index is 12.9. The van der Waals surface area contributed by atoms with Gasteiger partial charge in [0.05, 0.1) is 31.9 Å². The molecular formula is C20H16N2O4S. The Kier molecular flexibility index (Phi) is 4.76. The molecule has 3 aromatic heterocycles. The van der Waals surface area contributed by atoms with Gasteiger partial charge in [0.25, 0.3) is 5.91 Å². The Labute approximate surface area is 159 Å². The van der Waals surface area contributed by atoms with Gasteiger partial charge in [0.2, 0.25) is 0 Å². The smallest absolute Gasteiger partial charge is 0.296 e. The molecule has 7 heteroatoms. The summed E-state index contributed by atoms with van der Waals surface area (Å²) in [6, 6.07) is 14.5. The minimum absolute atomic E-state index is 0.253. The molecule has 4 aromatic rings. The highest BCUT2D eigenvalue weighted by atomic mass is 32.1. The molecule has 0 aliphatic rings. The minimum atomic E-state index is -0.271. The predicted molar refractivity (Wildman–Crippen MR) is 102 cm³/mol. The number of anilines is 1. The second kappa shape index (κ2) is 7.51. The van der Waals surface area contributed by atoms with Gasteiger partial charge in [-0.05, 0) is 48.5 Å². The average molecular weight is 380 g/mol. The van der Waals surface area contributed by atoms with E-state index < -0.39 is 0 Å². The minimum Gasteiger partial charge on any atom is -0.497 e. The van der Waals surface area contributed by atoms with Crippen LogP contribution in [0.2, 0.25) is 0 Å². The SMILES string of the molecule is COc1ccc(-c2csc(N(Cc3ccco3)C(=O)c3ccco3)n2)cc1. The van der Waals surface area contributed by atoms with Crippen LogP contribution in [0.4, 0.5) is 5.13 Å². The molecule has 0 aliphatic heterocycles. The van der Waals surface area contributed by atoms with Crippen molar-refractivity contribution in [2.24, 2.45) is 0 Å². The van der Waals surface area contributed by atoms with E-state index in [0.29, 0.717) is 10.9 Å². The van der Waals surface area contributed by atoms with Crippen LogP contribution < -0.4 is 9.64 Å². The summed E-state index contributed by atoms with van der Waals surface area (Å²) in [6.07, 6.45) is 3.05. The third kappa shape index (κ3) is 3.63. The highest BCUT2D eigenvalue weighted by molar-refractivity contribution is 7.14. The van der Waals surface area contributed by atoms with Crippen LogP contribution in [-0.4, -0.2) is 18.0 Å². The van der Waals surface area contributed by atoms with Crippen molar-refractivity contribution < 1.29 is 18.4 Å². The number of aromatic nitrogens is 1. The van der Waals surface area contributed by atoms with Gasteiger partial charge in [-0.1, -0.05) is 0 Å². The van der Waals surface area contributed by atoms with Crippen molar-refractivity contribution in [2.45, 2.75) is 6.54 Å². The zero-order valence-electron chi connectivity index (χ0n) is 14.5. The van der Waals surface area contributed by atoms with Crippen LogP contribution in [-0.2, 0) is 6.54 Å². The molecule has 0 saturated carbocycles. The van der Waals surface area contributed by atoms with E-state index in [1.165, 1.54) is 17.6 Å². The average Bonchev–Trinajstić information content (AvgIpc) is 3.48. The predicted octanol–water partition coefficient (Wildman–Crippen LogP) is 4.85. The number of methoxy groups -OCH3 is 1. The van der Waals surface area contributed by atoms with Crippen LogP contribution >= 0.6 is 11.3 Å². The van der Waals surface area contributed by atoms with E-state index in [0.717, 1.165) is 17.0 Å². The van der Waals surface area contributed by atoms with E-state index in [4.69, 9.17) is 13.6 Å². The maximum Gasteiger partial charge on any atom is 0.296 e. The number of ether oxygens (including phenoxy) is 1. The van der Waals surface area contributed by atoms with Crippen LogP contribution in [0.5, 0.6) is 5.75 Å². The fraction of sp³-hybridized carbons (Fsp3) is 0.100. The molecule has 0 N–H and O–H groups in total. The standard InChI is InChI=1S/C20H16N2O4S/c1-24-15-8-6-14(7-9-15)17-13-27-20(21-17)22(12-16-4-2-10-25-16)19(23)18-5-3-11-26-18/h2-11,13H,12H2,1H3. The molecule has 0 bridgehead atoms. The largest absolute Gasteiger partial charge is 0.497 e. The number of hydrogen-bond donors (Lipinski definition) is 0. The van der Waals surface area contributed by atoms with Crippen molar-refractivity contribution in [3.63, 3.8) is 0 Å². The second-order valence-electron chi connectivity index (χ2n) is 5.69. The van der Waals surface area contributed by atoms with Crippen molar-refractivity contribution in [2.75, 3.05) is 12.0 Å². The van der Waals surface area contributed by atoms with Gasteiger partial charge in [-0.25, -0.2) is 4.98 Å². The summed E-state index contributed by atoms with van der Waals surface area (Å²) in [4.78, 5) is 19.1. The molecule has 4 rings (SSSR count). The summed E-state index contributed by atoms with van der Waals surface area (Å²) < 4.78 is 15.9. The molecule has 0 saturated heterocycles. The molecule has 3 heterocycles. The lowest BCUT2D eigenvalue weighted by atomic mass is 10.2. The van der Waals surface area contributed by atoms with Crippen LogP contribution in [0, 0.1) is 0 Å². The lowest BCUT2D eigenvalue weighted by molar-refractivity contribution is 0.0956. The summed E-state index contributed by atoms with van der Waals surface area (Å²) >= 11 is 1.39. The van der Waals surface area contributed by atoms with E-state index in [-0.39, 0.29) is 18.2 Å². The molecule has 0 spiro atoms. The molecule has 0 fully saturated rings. The van der Waals surface area contributed by atoms with E-state index in [1.54, 1.807) is 36.5 Å². The molecule has 136 valence electrons. The fourth-order valence-corrected chi connectivity index (χ4v) is 3.43. The van der Waals surface area contributed by atoms with E-state index in [1.807, 2.05) is 35.7 Å². The van der Waals surface area contributed by atoms with Gasteiger partial charge in [0, 0.05) is 10.9 Å². The Morgan fingerprint density at radius 1 is 1.11 bits per heavy atom. The van der Waals surface area contributed by atoms with Crippen molar-refractivity contribution in [3.8, 4) is 17.0 Å². The van der Waals surface area contributed by atoms with E-state index in [2.05, 4.69) is 4.98 Å². The highest BCUT2D eigenvalue weighted by Gasteiger charge is 2.24. The van der Waals surface area contributed by atoms with Crippen LogP contribution in [0.25, 0.3) is 11.3 Å². The quantitative estimate of drug-likeness (QED) is 0.478. The summed E-state index contributed by atoms with van der Waals surface area (Å²) in [7, 11) is 1.63. The number of hydrogen-bond acceptors (Lipinski definition) is 6. The van der Waals surface area contributed by atoms with Crippen LogP contribution in [0.15, 0.2) is 75.3 Å². The Balaban J connectivity index is 1.65. The van der Waals surface area contributed by atoms with Crippen molar-refractivity contribution in [1.82, 2.24) is 4.98 Å². The Hall–Kier alpha value is -3.32. The monoisotopic (exact) mass is 380 g/mol. The van der Waals surface area contributed by atoms with Gasteiger partial charge >= 0.3 is 0 Å². The Morgan fingerprint density at radius 3 is 2.56 bits per heavy atom. The fourth-order valence-electron chi connectivity index (χ4n) is 2.60. The lowest BCUT2D eigenvalue weighted by Gasteiger charge is -2.17. The maximum atomic E-state index is 12.9. The zero-order valence-corrected chi connectivity index (χ0v) is 15.3. The number of thiazole rings is 1. The van der Waals surface area contributed by atoms with Gasteiger partial charge in [0.1, 0.15) is 11.5 Å².